The maximum absolute atomic E-state index is 13.3. The Morgan fingerprint density at radius 2 is 2.00 bits per heavy atom. The fourth-order valence-electron chi connectivity index (χ4n) is 2.20. The van der Waals surface area contributed by atoms with E-state index in [0.717, 1.165) is 31.6 Å². The Morgan fingerprint density at radius 3 is 2.60 bits per heavy atom. The highest BCUT2D eigenvalue weighted by atomic mass is 35.5. The quantitative estimate of drug-likeness (QED) is 0.739. The molecule has 1 N–H and O–H groups in total. The van der Waals surface area contributed by atoms with Crippen LogP contribution in [0.5, 0.6) is 0 Å². The molecule has 114 valence electrons. The highest BCUT2D eigenvalue weighted by molar-refractivity contribution is 6.30. The lowest BCUT2D eigenvalue weighted by molar-refractivity contribution is 0.290. The molecule has 0 saturated carbocycles. The monoisotopic (exact) mass is 300 g/mol. The number of hydrogen-bond donors (Lipinski definition) is 1. The van der Waals surface area contributed by atoms with Gasteiger partial charge < -0.3 is 10.2 Å². The minimum atomic E-state index is -0.347. The van der Waals surface area contributed by atoms with E-state index in [0.29, 0.717) is 12.6 Å². The molecule has 0 aliphatic carbocycles. The molecule has 0 saturated heterocycles. The van der Waals surface area contributed by atoms with Crippen LogP contribution in [0.2, 0.25) is 5.02 Å². The minimum absolute atomic E-state index is 0.182. The van der Waals surface area contributed by atoms with Gasteiger partial charge in [0.25, 0.3) is 0 Å². The molecule has 0 heterocycles. The van der Waals surface area contributed by atoms with E-state index >= 15 is 0 Å². The molecular weight excluding hydrogens is 275 g/mol. The van der Waals surface area contributed by atoms with Crippen molar-refractivity contribution in [3.8, 4) is 0 Å². The maximum atomic E-state index is 13.3. The minimum Gasteiger partial charge on any atom is -0.310 e. The molecule has 0 fully saturated rings. The van der Waals surface area contributed by atoms with E-state index in [1.54, 1.807) is 6.07 Å². The van der Waals surface area contributed by atoms with Crippen molar-refractivity contribution in [2.75, 3.05) is 19.6 Å². The predicted molar refractivity (Wildman–Crippen MR) is 84.7 cm³/mol. The van der Waals surface area contributed by atoms with E-state index in [4.69, 9.17) is 11.6 Å². The number of hydrogen-bond acceptors (Lipinski definition) is 2. The van der Waals surface area contributed by atoms with Crippen LogP contribution in [0.25, 0.3) is 0 Å². The molecule has 1 aromatic carbocycles. The first-order chi connectivity index (χ1) is 9.56. The fourth-order valence-corrected chi connectivity index (χ4v) is 2.32. The van der Waals surface area contributed by atoms with Crippen LogP contribution < -0.4 is 5.32 Å². The molecule has 0 bridgehead atoms. The van der Waals surface area contributed by atoms with Gasteiger partial charge in [0.1, 0.15) is 5.82 Å². The molecule has 0 radical (unpaired) electrons. The SMILES string of the molecule is CCN(CC)CCCC(C)NCc1ccc(Cl)c(F)c1. The largest absolute Gasteiger partial charge is 0.310 e. The van der Waals surface area contributed by atoms with Gasteiger partial charge >= 0.3 is 0 Å². The third kappa shape index (κ3) is 6.21. The Hall–Kier alpha value is -0.640. The van der Waals surface area contributed by atoms with Crippen LogP contribution in [-0.4, -0.2) is 30.6 Å². The molecule has 0 aromatic heterocycles. The van der Waals surface area contributed by atoms with Gasteiger partial charge in [0.15, 0.2) is 0 Å². The van der Waals surface area contributed by atoms with E-state index in [9.17, 15) is 4.39 Å². The average molecular weight is 301 g/mol. The van der Waals surface area contributed by atoms with Crippen LogP contribution in [-0.2, 0) is 6.54 Å². The van der Waals surface area contributed by atoms with Gasteiger partial charge in [-0.05, 0) is 57.1 Å². The van der Waals surface area contributed by atoms with E-state index < -0.39 is 0 Å². The van der Waals surface area contributed by atoms with Crippen LogP contribution in [0.15, 0.2) is 18.2 Å². The summed E-state index contributed by atoms with van der Waals surface area (Å²) in [6.07, 6.45) is 2.32. The standard InChI is InChI=1S/C16H26ClFN2/c1-4-20(5-2)10-6-7-13(3)19-12-14-8-9-15(17)16(18)11-14/h8-9,11,13,19H,4-7,10,12H2,1-3H3. The predicted octanol–water partition coefficient (Wildman–Crippen LogP) is 4.08. The summed E-state index contributed by atoms with van der Waals surface area (Å²) in [5, 5.41) is 3.61. The first kappa shape index (κ1) is 17.4. The van der Waals surface area contributed by atoms with Crippen molar-refractivity contribution >= 4 is 11.6 Å². The van der Waals surface area contributed by atoms with Crippen molar-refractivity contribution in [1.82, 2.24) is 10.2 Å². The Kier molecular flexibility index (Phi) is 8.12. The summed E-state index contributed by atoms with van der Waals surface area (Å²) in [4.78, 5) is 2.43. The molecule has 20 heavy (non-hydrogen) atoms. The molecule has 4 heteroatoms. The van der Waals surface area contributed by atoms with Crippen molar-refractivity contribution in [2.45, 2.75) is 46.2 Å². The smallest absolute Gasteiger partial charge is 0.142 e. The number of rotatable bonds is 9. The third-order valence-electron chi connectivity index (χ3n) is 3.64. The van der Waals surface area contributed by atoms with Crippen molar-refractivity contribution in [3.63, 3.8) is 0 Å². The normalized spacial score (nSPS) is 12.9. The van der Waals surface area contributed by atoms with Crippen LogP contribution >= 0.6 is 11.6 Å². The molecular formula is C16H26ClFN2. The molecule has 0 amide bonds. The van der Waals surface area contributed by atoms with E-state index in [1.165, 1.54) is 12.5 Å². The zero-order valence-electron chi connectivity index (χ0n) is 12.8. The number of halogens is 2. The topological polar surface area (TPSA) is 15.3 Å². The van der Waals surface area contributed by atoms with E-state index in [2.05, 4.69) is 31.0 Å². The van der Waals surface area contributed by atoms with Crippen LogP contribution in [0.3, 0.4) is 0 Å². The van der Waals surface area contributed by atoms with Crippen molar-refractivity contribution < 1.29 is 4.39 Å². The highest BCUT2D eigenvalue weighted by Gasteiger charge is 2.05. The van der Waals surface area contributed by atoms with Crippen LogP contribution in [0, 0.1) is 5.82 Å². The third-order valence-corrected chi connectivity index (χ3v) is 3.95. The summed E-state index contributed by atoms with van der Waals surface area (Å²) in [6.45, 7) is 10.6. The number of nitrogens with one attached hydrogen (secondary N) is 1. The molecule has 1 atom stereocenters. The van der Waals surface area contributed by atoms with Gasteiger partial charge in [-0.3, -0.25) is 0 Å². The molecule has 0 aliphatic heterocycles. The second-order valence-electron chi connectivity index (χ2n) is 5.20. The van der Waals surface area contributed by atoms with Gasteiger partial charge in [-0.2, -0.15) is 0 Å². The van der Waals surface area contributed by atoms with Crippen molar-refractivity contribution in [2.24, 2.45) is 0 Å². The zero-order valence-corrected chi connectivity index (χ0v) is 13.5. The maximum Gasteiger partial charge on any atom is 0.142 e. The average Bonchev–Trinajstić information content (AvgIpc) is 2.45. The number of nitrogens with zero attached hydrogens (tertiary/aromatic N) is 1. The summed E-state index contributed by atoms with van der Waals surface area (Å²) >= 11 is 5.67. The Balaban J connectivity index is 2.25. The molecule has 0 aliphatic rings. The highest BCUT2D eigenvalue weighted by Crippen LogP contribution is 2.15. The lowest BCUT2D eigenvalue weighted by Gasteiger charge is -2.19. The molecule has 1 aromatic rings. The van der Waals surface area contributed by atoms with Crippen molar-refractivity contribution in [1.29, 1.82) is 0 Å². The molecule has 0 spiro atoms. The lowest BCUT2D eigenvalue weighted by Crippen LogP contribution is -2.28. The van der Waals surface area contributed by atoms with E-state index in [-0.39, 0.29) is 10.8 Å². The molecule has 1 rings (SSSR count). The second-order valence-corrected chi connectivity index (χ2v) is 5.61. The van der Waals surface area contributed by atoms with Crippen LogP contribution in [0.4, 0.5) is 4.39 Å². The second kappa shape index (κ2) is 9.32. The fraction of sp³-hybridized carbons (Fsp3) is 0.625. The summed E-state index contributed by atoms with van der Waals surface area (Å²) in [7, 11) is 0. The van der Waals surface area contributed by atoms with Gasteiger partial charge in [-0.1, -0.05) is 31.5 Å². The van der Waals surface area contributed by atoms with Crippen molar-refractivity contribution in [3.05, 3.63) is 34.6 Å². The Morgan fingerprint density at radius 1 is 1.30 bits per heavy atom. The lowest BCUT2D eigenvalue weighted by atomic mass is 10.1. The first-order valence-electron chi connectivity index (χ1n) is 7.46. The Bertz CT molecular complexity index is 394. The van der Waals surface area contributed by atoms with Gasteiger partial charge in [-0.25, -0.2) is 4.39 Å². The molecule has 1 unspecified atom stereocenters. The summed E-state index contributed by atoms with van der Waals surface area (Å²) in [6, 6.07) is 5.40. The van der Waals surface area contributed by atoms with Gasteiger partial charge in [0, 0.05) is 12.6 Å². The summed E-state index contributed by atoms with van der Waals surface area (Å²) in [5.74, 6) is -0.347. The first-order valence-corrected chi connectivity index (χ1v) is 7.84. The van der Waals surface area contributed by atoms with Crippen LogP contribution in [0.1, 0.15) is 39.2 Å². The van der Waals surface area contributed by atoms with Gasteiger partial charge in [0.05, 0.1) is 5.02 Å². The van der Waals surface area contributed by atoms with E-state index in [1.807, 2.05) is 6.07 Å². The zero-order chi connectivity index (χ0) is 15.0. The number of benzene rings is 1. The summed E-state index contributed by atoms with van der Waals surface area (Å²) < 4.78 is 13.3. The van der Waals surface area contributed by atoms with Gasteiger partial charge in [-0.15, -0.1) is 0 Å². The molecule has 2 nitrogen and oxygen atoms in total. The Labute approximate surface area is 127 Å². The van der Waals surface area contributed by atoms with Gasteiger partial charge in [0.2, 0.25) is 0 Å². The summed E-state index contributed by atoms with van der Waals surface area (Å²) in [5.41, 5.74) is 0.933.